The van der Waals surface area contributed by atoms with Gasteiger partial charge >= 0.3 is 0 Å². The first kappa shape index (κ1) is 15.9. The zero-order valence-corrected chi connectivity index (χ0v) is 13.8. The van der Waals surface area contributed by atoms with Crippen LogP contribution in [0.3, 0.4) is 0 Å². The van der Waals surface area contributed by atoms with E-state index >= 15 is 0 Å². The summed E-state index contributed by atoms with van der Waals surface area (Å²) in [5, 5.41) is 17.8. The van der Waals surface area contributed by atoms with Crippen LogP contribution in [0.4, 0.5) is 5.69 Å². The molecule has 3 nitrogen and oxygen atoms in total. The van der Waals surface area contributed by atoms with Crippen LogP contribution in [-0.4, -0.2) is 11.6 Å². The summed E-state index contributed by atoms with van der Waals surface area (Å²) in [5.41, 5.74) is 4.56. The molecule has 0 radical (unpaired) electrons. The molecule has 1 aromatic rings. The van der Waals surface area contributed by atoms with E-state index in [1.807, 2.05) is 18.2 Å². The summed E-state index contributed by atoms with van der Waals surface area (Å²) in [7, 11) is 0. The molecule has 0 aliphatic carbocycles. The van der Waals surface area contributed by atoms with Crippen molar-refractivity contribution in [3.8, 4) is 12.1 Å². The first-order valence-corrected chi connectivity index (χ1v) is 7.45. The number of hydrogen-bond acceptors (Lipinski definition) is 3. The van der Waals surface area contributed by atoms with Gasteiger partial charge in [-0.15, -0.1) is 0 Å². The van der Waals surface area contributed by atoms with E-state index < -0.39 is 0 Å². The second kappa shape index (κ2) is 5.70. The molecule has 112 valence electrons. The van der Waals surface area contributed by atoms with Crippen molar-refractivity contribution in [1.29, 1.82) is 10.5 Å². The summed E-state index contributed by atoms with van der Waals surface area (Å²) in [6.45, 7) is 10.9. The van der Waals surface area contributed by atoms with Gasteiger partial charge in [0.2, 0.25) is 0 Å². The number of nitriles is 2. The average Bonchev–Trinajstić information content (AvgIpc) is 2.43. The van der Waals surface area contributed by atoms with Gasteiger partial charge in [-0.25, -0.2) is 0 Å². The van der Waals surface area contributed by atoms with Crippen LogP contribution in [0.15, 0.2) is 29.8 Å². The third-order valence-corrected chi connectivity index (χ3v) is 3.96. The standard InChI is InChI=1S/C19H21N3/c1-13(2)22-18-7-6-15(8-16(11-20)12-21)9-17(18)14(3)10-19(22,4)5/h6-10,13H,1-5H3. The van der Waals surface area contributed by atoms with Gasteiger partial charge in [0, 0.05) is 17.3 Å². The summed E-state index contributed by atoms with van der Waals surface area (Å²) >= 11 is 0. The molecule has 0 saturated carbocycles. The van der Waals surface area contributed by atoms with Crippen LogP contribution < -0.4 is 4.90 Å². The van der Waals surface area contributed by atoms with Crippen LogP contribution in [0.1, 0.15) is 45.7 Å². The topological polar surface area (TPSA) is 50.8 Å². The van der Waals surface area contributed by atoms with E-state index in [0.29, 0.717) is 6.04 Å². The van der Waals surface area contributed by atoms with Crippen molar-refractivity contribution < 1.29 is 0 Å². The lowest BCUT2D eigenvalue weighted by Crippen LogP contribution is -2.49. The maximum atomic E-state index is 8.90. The van der Waals surface area contributed by atoms with E-state index in [4.69, 9.17) is 10.5 Å². The minimum absolute atomic E-state index is 0.0346. The fourth-order valence-electron chi connectivity index (χ4n) is 3.36. The third kappa shape index (κ3) is 2.76. The van der Waals surface area contributed by atoms with Crippen LogP contribution >= 0.6 is 0 Å². The Hall–Kier alpha value is -2.52. The van der Waals surface area contributed by atoms with E-state index in [1.165, 1.54) is 11.3 Å². The summed E-state index contributed by atoms with van der Waals surface area (Å²) in [6, 6.07) is 10.3. The molecule has 0 fully saturated rings. The largest absolute Gasteiger partial charge is 0.360 e. The highest BCUT2D eigenvalue weighted by Gasteiger charge is 2.32. The van der Waals surface area contributed by atoms with Gasteiger partial charge in [-0.2, -0.15) is 10.5 Å². The van der Waals surface area contributed by atoms with E-state index in [2.05, 4.69) is 57.7 Å². The number of hydrogen-bond donors (Lipinski definition) is 0. The Morgan fingerprint density at radius 1 is 1.23 bits per heavy atom. The van der Waals surface area contributed by atoms with Gasteiger partial charge in [-0.1, -0.05) is 12.1 Å². The van der Waals surface area contributed by atoms with E-state index in [9.17, 15) is 0 Å². The molecule has 0 atom stereocenters. The maximum Gasteiger partial charge on any atom is 0.130 e. The number of anilines is 1. The van der Waals surface area contributed by atoms with Crippen molar-refractivity contribution in [2.45, 2.75) is 46.2 Å². The molecular formula is C19H21N3. The summed E-state index contributed by atoms with van der Waals surface area (Å²) in [4.78, 5) is 2.40. The van der Waals surface area contributed by atoms with Crippen LogP contribution in [0.2, 0.25) is 0 Å². The van der Waals surface area contributed by atoms with E-state index in [-0.39, 0.29) is 11.1 Å². The monoisotopic (exact) mass is 291 g/mol. The SMILES string of the molecule is CC1=CC(C)(C)N(C(C)C)c2ccc(C=C(C#N)C#N)cc21. The quantitative estimate of drug-likeness (QED) is 0.752. The predicted octanol–water partition coefficient (Wildman–Crippen LogP) is 4.53. The van der Waals surface area contributed by atoms with Crippen LogP contribution in [0, 0.1) is 22.7 Å². The number of fused-ring (bicyclic) bond motifs is 1. The smallest absolute Gasteiger partial charge is 0.130 e. The predicted molar refractivity (Wildman–Crippen MR) is 91.0 cm³/mol. The van der Waals surface area contributed by atoms with Gasteiger partial charge in [0.25, 0.3) is 0 Å². The normalized spacial score (nSPS) is 15.5. The van der Waals surface area contributed by atoms with Crippen molar-refractivity contribution in [2.24, 2.45) is 0 Å². The number of benzene rings is 1. The number of rotatable bonds is 2. The Morgan fingerprint density at radius 2 is 1.86 bits per heavy atom. The molecule has 1 aliphatic heterocycles. The van der Waals surface area contributed by atoms with Crippen molar-refractivity contribution in [2.75, 3.05) is 4.90 Å². The zero-order chi connectivity index (χ0) is 16.5. The molecule has 0 spiro atoms. The molecule has 0 amide bonds. The Labute approximate surface area is 132 Å². The van der Waals surface area contributed by atoms with Gasteiger partial charge in [0.05, 0.1) is 5.54 Å². The fraction of sp³-hybridized carbons (Fsp3) is 0.368. The van der Waals surface area contributed by atoms with E-state index in [0.717, 1.165) is 11.1 Å². The second-order valence-electron chi connectivity index (χ2n) is 6.50. The molecule has 22 heavy (non-hydrogen) atoms. The van der Waals surface area contributed by atoms with Crippen molar-refractivity contribution in [3.05, 3.63) is 41.0 Å². The molecule has 1 aliphatic rings. The van der Waals surface area contributed by atoms with Crippen molar-refractivity contribution in [3.63, 3.8) is 0 Å². The highest BCUT2D eigenvalue weighted by molar-refractivity contribution is 5.83. The van der Waals surface area contributed by atoms with Crippen LogP contribution in [0.5, 0.6) is 0 Å². The van der Waals surface area contributed by atoms with Crippen molar-refractivity contribution in [1.82, 2.24) is 0 Å². The van der Waals surface area contributed by atoms with Crippen molar-refractivity contribution >= 4 is 17.3 Å². The Bertz CT molecular complexity index is 721. The molecule has 0 N–H and O–H groups in total. The minimum atomic E-state index is -0.0346. The first-order chi connectivity index (χ1) is 10.3. The lowest BCUT2D eigenvalue weighted by molar-refractivity contribution is 0.507. The molecular weight excluding hydrogens is 270 g/mol. The molecule has 0 aromatic heterocycles. The third-order valence-electron chi connectivity index (χ3n) is 3.96. The summed E-state index contributed by atoms with van der Waals surface area (Å²) in [6.07, 6.45) is 3.91. The maximum absolute atomic E-state index is 8.90. The highest BCUT2D eigenvalue weighted by Crippen LogP contribution is 2.40. The zero-order valence-electron chi connectivity index (χ0n) is 13.8. The Kier molecular flexibility index (Phi) is 4.11. The average molecular weight is 291 g/mol. The molecule has 3 heteroatoms. The van der Waals surface area contributed by atoms with Crippen LogP contribution in [0.25, 0.3) is 11.6 Å². The molecule has 1 aromatic carbocycles. The Balaban J connectivity index is 2.60. The fourth-order valence-corrected chi connectivity index (χ4v) is 3.36. The lowest BCUT2D eigenvalue weighted by atomic mass is 9.87. The molecule has 1 heterocycles. The van der Waals surface area contributed by atoms with Gasteiger partial charge in [-0.3, -0.25) is 0 Å². The van der Waals surface area contributed by atoms with Gasteiger partial charge in [0.15, 0.2) is 0 Å². The van der Waals surface area contributed by atoms with Gasteiger partial charge in [-0.05, 0) is 64.0 Å². The van der Waals surface area contributed by atoms with Gasteiger partial charge in [0.1, 0.15) is 17.7 Å². The number of nitrogens with zero attached hydrogens (tertiary/aromatic N) is 3. The summed E-state index contributed by atoms with van der Waals surface area (Å²) < 4.78 is 0. The van der Waals surface area contributed by atoms with Crippen LogP contribution in [-0.2, 0) is 0 Å². The lowest BCUT2D eigenvalue weighted by Gasteiger charge is -2.46. The van der Waals surface area contributed by atoms with E-state index in [1.54, 1.807) is 6.08 Å². The highest BCUT2D eigenvalue weighted by atomic mass is 15.2. The summed E-state index contributed by atoms with van der Waals surface area (Å²) in [5.74, 6) is 0. The molecule has 0 bridgehead atoms. The second-order valence-corrected chi connectivity index (χ2v) is 6.50. The minimum Gasteiger partial charge on any atom is -0.360 e. The number of allylic oxidation sites excluding steroid dienone is 2. The molecule has 0 saturated heterocycles. The molecule has 0 unspecified atom stereocenters. The van der Waals surface area contributed by atoms with Gasteiger partial charge < -0.3 is 4.90 Å². The Morgan fingerprint density at radius 3 is 2.41 bits per heavy atom. The first-order valence-electron chi connectivity index (χ1n) is 7.45. The molecule has 2 rings (SSSR count).